The van der Waals surface area contributed by atoms with Crippen LogP contribution in [0.25, 0.3) is 0 Å². The van der Waals surface area contributed by atoms with E-state index < -0.39 is 0 Å². The Labute approximate surface area is 68.9 Å². The lowest BCUT2D eigenvalue weighted by Crippen LogP contribution is -2.50. The van der Waals surface area contributed by atoms with Gasteiger partial charge in [0.05, 0.1) is 0 Å². The van der Waals surface area contributed by atoms with E-state index in [1.807, 2.05) is 0 Å². The first-order chi connectivity index (χ1) is 5.27. The summed E-state index contributed by atoms with van der Waals surface area (Å²) in [4.78, 5) is 0. The molecular weight excluding hydrogens is 134 g/mol. The molecule has 1 fully saturated rings. The van der Waals surface area contributed by atoms with Crippen LogP contribution >= 0.6 is 0 Å². The van der Waals surface area contributed by atoms with Crippen molar-refractivity contribution in [2.24, 2.45) is 11.8 Å². The van der Waals surface area contributed by atoms with E-state index in [2.05, 4.69) is 31.3 Å². The van der Waals surface area contributed by atoms with Crippen LogP contribution in [0.1, 0.15) is 26.7 Å². The summed E-state index contributed by atoms with van der Waals surface area (Å²) in [5.41, 5.74) is 0. The molecule has 0 aromatic rings. The normalized spacial score (nSPS) is 40.8. The second kappa shape index (κ2) is 2.63. The smallest absolute Gasteiger partial charge is 0.0112 e. The van der Waals surface area contributed by atoms with Gasteiger partial charge in [0.25, 0.3) is 0 Å². The van der Waals surface area contributed by atoms with Crippen LogP contribution in [0.4, 0.5) is 0 Å². The van der Waals surface area contributed by atoms with Gasteiger partial charge in [-0.3, -0.25) is 0 Å². The standard InChI is InChI=1S/C10H17N/c1-7(2)11-10-6-8-4-3-5-9(8)10/h3-4,7-11H,5-6H2,1-2H3/t8-,9-,10+/m1/s1. The average Bonchev–Trinajstić information content (AvgIpc) is 2.26. The van der Waals surface area contributed by atoms with Crippen LogP contribution in [0.5, 0.6) is 0 Å². The Kier molecular flexibility index (Phi) is 1.76. The van der Waals surface area contributed by atoms with Crippen molar-refractivity contribution in [3.05, 3.63) is 12.2 Å². The molecule has 1 N–H and O–H groups in total. The molecule has 62 valence electrons. The molecule has 1 heteroatoms. The zero-order valence-corrected chi connectivity index (χ0v) is 7.38. The number of rotatable bonds is 2. The van der Waals surface area contributed by atoms with Crippen molar-refractivity contribution in [2.45, 2.75) is 38.8 Å². The molecule has 0 unspecified atom stereocenters. The van der Waals surface area contributed by atoms with E-state index in [4.69, 9.17) is 0 Å². The Hall–Kier alpha value is -0.300. The SMILES string of the molecule is CC(C)N[C@H]1C[C@H]2C=CC[C@H]21. The molecule has 0 bridgehead atoms. The maximum Gasteiger partial charge on any atom is 0.0112 e. The lowest BCUT2D eigenvalue weighted by molar-refractivity contribution is 0.151. The van der Waals surface area contributed by atoms with Gasteiger partial charge in [-0.1, -0.05) is 26.0 Å². The highest BCUT2D eigenvalue weighted by Gasteiger charge is 2.40. The summed E-state index contributed by atoms with van der Waals surface area (Å²) in [6, 6.07) is 1.47. The highest BCUT2D eigenvalue weighted by atomic mass is 15.0. The van der Waals surface area contributed by atoms with Crippen molar-refractivity contribution in [2.75, 3.05) is 0 Å². The third-order valence-corrected chi connectivity index (χ3v) is 2.93. The van der Waals surface area contributed by atoms with Crippen molar-refractivity contribution in [3.8, 4) is 0 Å². The van der Waals surface area contributed by atoms with Gasteiger partial charge in [0.1, 0.15) is 0 Å². The fraction of sp³-hybridized carbons (Fsp3) is 0.800. The lowest BCUT2D eigenvalue weighted by atomic mass is 9.71. The van der Waals surface area contributed by atoms with Gasteiger partial charge in [-0.15, -0.1) is 0 Å². The molecule has 0 amide bonds. The first-order valence-electron chi connectivity index (χ1n) is 4.70. The Morgan fingerprint density at radius 2 is 2.27 bits per heavy atom. The van der Waals surface area contributed by atoms with Crippen LogP contribution in [0, 0.1) is 11.8 Å². The molecule has 2 aliphatic rings. The summed E-state index contributed by atoms with van der Waals surface area (Å²) in [6.07, 6.45) is 7.43. The molecule has 0 spiro atoms. The van der Waals surface area contributed by atoms with E-state index in [1.165, 1.54) is 12.8 Å². The van der Waals surface area contributed by atoms with Gasteiger partial charge < -0.3 is 5.32 Å². The van der Waals surface area contributed by atoms with Crippen LogP contribution in [-0.4, -0.2) is 12.1 Å². The quantitative estimate of drug-likeness (QED) is 0.595. The van der Waals surface area contributed by atoms with E-state index in [9.17, 15) is 0 Å². The predicted octanol–water partition coefficient (Wildman–Crippen LogP) is 1.95. The molecule has 0 aliphatic heterocycles. The number of nitrogens with one attached hydrogen (secondary N) is 1. The summed E-state index contributed by atoms with van der Waals surface area (Å²) in [5, 5.41) is 3.61. The summed E-state index contributed by atoms with van der Waals surface area (Å²) in [7, 11) is 0. The van der Waals surface area contributed by atoms with Gasteiger partial charge in [-0.2, -0.15) is 0 Å². The third kappa shape index (κ3) is 1.22. The van der Waals surface area contributed by atoms with Crippen LogP contribution in [-0.2, 0) is 0 Å². The lowest BCUT2D eigenvalue weighted by Gasteiger charge is -2.42. The fourth-order valence-corrected chi connectivity index (χ4v) is 2.34. The zero-order valence-electron chi connectivity index (χ0n) is 7.38. The van der Waals surface area contributed by atoms with Crippen LogP contribution in [0.15, 0.2) is 12.2 Å². The predicted molar refractivity (Wildman–Crippen MR) is 47.4 cm³/mol. The van der Waals surface area contributed by atoms with Crippen molar-refractivity contribution in [3.63, 3.8) is 0 Å². The monoisotopic (exact) mass is 151 g/mol. The van der Waals surface area contributed by atoms with Crippen molar-refractivity contribution in [1.29, 1.82) is 0 Å². The number of fused-ring (bicyclic) bond motifs is 1. The minimum absolute atomic E-state index is 0.654. The summed E-state index contributed by atoms with van der Waals surface area (Å²) >= 11 is 0. The van der Waals surface area contributed by atoms with Crippen LogP contribution < -0.4 is 5.32 Å². The second-order valence-corrected chi connectivity index (χ2v) is 4.16. The molecule has 0 aromatic carbocycles. The third-order valence-electron chi connectivity index (χ3n) is 2.93. The van der Waals surface area contributed by atoms with Crippen LogP contribution in [0.2, 0.25) is 0 Å². The summed E-state index contributed by atoms with van der Waals surface area (Å²) in [5.74, 6) is 1.86. The largest absolute Gasteiger partial charge is 0.311 e. The van der Waals surface area contributed by atoms with Gasteiger partial charge in [0.2, 0.25) is 0 Å². The van der Waals surface area contributed by atoms with Gasteiger partial charge in [0.15, 0.2) is 0 Å². The van der Waals surface area contributed by atoms with Crippen molar-refractivity contribution >= 4 is 0 Å². The van der Waals surface area contributed by atoms with Gasteiger partial charge in [-0.25, -0.2) is 0 Å². The maximum absolute atomic E-state index is 3.61. The summed E-state index contributed by atoms with van der Waals surface area (Å²) in [6.45, 7) is 4.46. The molecule has 2 aliphatic carbocycles. The Bertz CT molecular complexity index is 172. The van der Waals surface area contributed by atoms with E-state index in [0.29, 0.717) is 6.04 Å². The van der Waals surface area contributed by atoms with E-state index in [1.54, 1.807) is 0 Å². The molecule has 1 nitrogen and oxygen atoms in total. The molecule has 11 heavy (non-hydrogen) atoms. The highest BCUT2D eigenvalue weighted by Crippen LogP contribution is 2.42. The van der Waals surface area contributed by atoms with Gasteiger partial charge in [0, 0.05) is 12.1 Å². The van der Waals surface area contributed by atoms with Gasteiger partial charge >= 0.3 is 0 Å². The molecule has 2 rings (SSSR count). The van der Waals surface area contributed by atoms with E-state index in [-0.39, 0.29) is 0 Å². The minimum Gasteiger partial charge on any atom is -0.311 e. The molecule has 0 aromatic heterocycles. The number of hydrogen-bond donors (Lipinski definition) is 1. The van der Waals surface area contributed by atoms with Crippen molar-refractivity contribution in [1.82, 2.24) is 5.32 Å². The molecule has 0 saturated heterocycles. The molecule has 0 radical (unpaired) electrons. The maximum atomic E-state index is 3.61. The Morgan fingerprint density at radius 3 is 2.91 bits per heavy atom. The topological polar surface area (TPSA) is 12.0 Å². The Morgan fingerprint density at radius 1 is 1.45 bits per heavy atom. The minimum atomic E-state index is 0.654. The number of allylic oxidation sites excluding steroid dienone is 2. The van der Waals surface area contributed by atoms with Gasteiger partial charge in [-0.05, 0) is 24.7 Å². The first-order valence-corrected chi connectivity index (χ1v) is 4.70. The molecule has 1 saturated carbocycles. The summed E-state index contributed by atoms with van der Waals surface area (Å²) < 4.78 is 0. The van der Waals surface area contributed by atoms with Crippen molar-refractivity contribution < 1.29 is 0 Å². The van der Waals surface area contributed by atoms with E-state index >= 15 is 0 Å². The van der Waals surface area contributed by atoms with E-state index in [0.717, 1.165) is 17.9 Å². The highest BCUT2D eigenvalue weighted by molar-refractivity contribution is 5.12. The Balaban J connectivity index is 1.83. The second-order valence-electron chi connectivity index (χ2n) is 4.16. The average molecular weight is 151 g/mol. The number of hydrogen-bond acceptors (Lipinski definition) is 1. The molecule has 0 heterocycles. The van der Waals surface area contributed by atoms with Crippen LogP contribution in [0.3, 0.4) is 0 Å². The first kappa shape index (κ1) is 7.35. The molecular formula is C10H17N. The zero-order chi connectivity index (χ0) is 7.84. The molecule has 3 atom stereocenters. The fourth-order valence-electron chi connectivity index (χ4n) is 2.34.